The van der Waals surface area contributed by atoms with Gasteiger partial charge in [0.25, 0.3) is 5.56 Å². The van der Waals surface area contributed by atoms with Gasteiger partial charge in [-0.25, -0.2) is 9.37 Å². The summed E-state index contributed by atoms with van der Waals surface area (Å²) in [6.07, 6.45) is 1.66. The topological polar surface area (TPSA) is 64.0 Å². The molecule has 0 radical (unpaired) electrons. The SMILES string of the molecule is O=C(CCn1cnc2ccc(Br)cc2c1=O)NCCSCc1ccccc1F. The van der Waals surface area contributed by atoms with Crippen molar-refractivity contribution in [2.75, 3.05) is 12.3 Å². The molecule has 28 heavy (non-hydrogen) atoms. The zero-order chi connectivity index (χ0) is 19.9. The summed E-state index contributed by atoms with van der Waals surface area (Å²) in [5, 5.41) is 3.34. The molecule has 1 N–H and O–H groups in total. The Morgan fingerprint density at radius 2 is 2.07 bits per heavy atom. The lowest BCUT2D eigenvalue weighted by molar-refractivity contribution is -0.121. The van der Waals surface area contributed by atoms with Crippen LogP contribution in [0.1, 0.15) is 12.0 Å². The van der Waals surface area contributed by atoms with Crippen LogP contribution in [0.15, 0.2) is 58.1 Å². The number of benzene rings is 2. The number of amides is 1. The van der Waals surface area contributed by atoms with Gasteiger partial charge >= 0.3 is 0 Å². The molecule has 3 aromatic rings. The van der Waals surface area contributed by atoms with Crippen molar-refractivity contribution in [2.45, 2.75) is 18.7 Å². The van der Waals surface area contributed by atoms with Gasteiger partial charge in [-0.2, -0.15) is 11.8 Å². The number of nitrogens with one attached hydrogen (secondary N) is 1. The van der Waals surface area contributed by atoms with Gasteiger partial charge in [-0.3, -0.25) is 14.2 Å². The Bertz CT molecular complexity index is 1040. The summed E-state index contributed by atoms with van der Waals surface area (Å²) in [6, 6.07) is 12.0. The van der Waals surface area contributed by atoms with Gasteiger partial charge in [-0.05, 0) is 29.8 Å². The van der Waals surface area contributed by atoms with Crippen molar-refractivity contribution in [3.8, 4) is 0 Å². The molecule has 0 aliphatic carbocycles. The number of thioether (sulfide) groups is 1. The fourth-order valence-electron chi connectivity index (χ4n) is 2.66. The van der Waals surface area contributed by atoms with E-state index in [1.54, 1.807) is 36.0 Å². The minimum absolute atomic E-state index is 0.132. The minimum Gasteiger partial charge on any atom is -0.355 e. The number of hydrogen-bond acceptors (Lipinski definition) is 4. The van der Waals surface area contributed by atoms with Crippen LogP contribution in [0, 0.1) is 5.82 Å². The average Bonchev–Trinajstić information content (AvgIpc) is 2.69. The molecule has 0 saturated heterocycles. The lowest BCUT2D eigenvalue weighted by Gasteiger charge is -2.08. The molecule has 1 amide bonds. The monoisotopic (exact) mass is 463 g/mol. The Labute approximate surface area is 174 Å². The standard InChI is InChI=1S/C20H19BrFN3O2S/c21-15-5-6-18-16(11-15)20(27)25(13-24-18)9-7-19(26)23-8-10-28-12-14-3-1-2-4-17(14)22/h1-6,11,13H,7-10,12H2,(H,23,26). The van der Waals surface area contributed by atoms with Crippen molar-refractivity contribution in [1.82, 2.24) is 14.9 Å². The number of aromatic nitrogens is 2. The van der Waals surface area contributed by atoms with Crippen LogP contribution in [-0.2, 0) is 17.1 Å². The van der Waals surface area contributed by atoms with E-state index in [9.17, 15) is 14.0 Å². The molecular weight excluding hydrogens is 445 g/mol. The van der Waals surface area contributed by atoms with Crippen LogP contribution in [0.5, 0.6) is 0 Å². The molecule has 0 fully saturated rings. The first kappa shape index (κ1) is 20.5. The van der Waals surface area contributed by atoms with Gasteiger partial charge in [0.2, 0.25) is 5.91 Å². The quantitative estimate of drug-likeness (QED) is 0.516. The number of rotatable bonds is 8. The van der Waals surface area contributed by atoms with Crippen molar-refractivity contribution < 1.29 is 9.18 Å². The number of aryl methyl sites for hydroxylation is 1. The molecule has 0 aliphatic heterocycles. The van der Waals surface area contributed by atoms with Gasteiger partial charge in [0.15, 0.2) is 0 Å². The molecule has 0 saturated carbocycles. The predicted octanol–water partition coefficient (Wildman–Crippen LogP) is 3.74. The van der Waals surface area contributed by atoms with Crippen LogP contribution < -0.4 is 10.9 Å². The highest BCUT2D eigenvalue weighted by atomic mass is 79.9. The first-order chi connectivity index (χ1) is 13.5. The van der Waals surface area contributed by atoms with Gasteiger partial charge in [0, 0.05) is 35.5 Å². The van der Waals surface area contributed by atoms with Crippen LogP contribution in [0.25, 0.3) is 10.9 Å². The van der Waals surface area contributed by atoms with Crippen molar-refractivity contribution >= 4 is 44.5 Å². The van der Waals surface area contributed by atoms with E-state index in [4.69, 9.17) is 0 Å². The summed E-state index contributed by atoms with van der Waals surface area (Å²) in [5.74, 6) is 0.912. The van der Waals surface area contributed by atoms with E-state index in [1.807, 2.05) is 12.1 Å². The van der Waals surface area contributed by atoms with Crippen molar-refractivity contribution in [3.63, 3.8) is 0 Å². The highest BCUT2D eigenvalue weighted by Crippen LogP contribution is 2.15. The third kappa shape index (κ3) is 5.42. The Morgan fingerprint density at radius 1 is 1.25 bits per heavy atom. The highest BCUT2D eigenvalue weighted by Gasteiger charge is 2.07. The largest absolute Gasteiger partial charge is 0.355 e. The molecular formula is C20H19BrFN3O2S. The number of nitrogens with zero attached hydrogens (tertiary/aromatic N) is 2. The second kappa shape index (κ2) is 9.84. The third-order valence-electron chi connectivity index (χ3n) is 4.15. The summed E-state index contributed by atoms with van der Waals surface area (Å²) in [4.78, 5) is 28.8. The first-order valence-corrected chi connectivity index (χ1v) is 10.7. The summed E-state index contributed by atoms with van der Waals surface area (Å²) in [7, 11) is 0. The minimum atomic E-state index is -0.208. The van der Waals surface area contributed by atoms with E-state index >= 15 is 0 Å². The Balaban J connectivity index is 1.43. The zero-order valence-corrected chi connectivity index (χ0v) is 17.4. The van der Waals surface area contributed by atoms with Gasteiger partial charge in [-0.15, -0.1) is 0 Å². The highest BCUT2D eigenvalue weighted by molar-refractivity contribution is 9.10. The maximum atomic E-state index is 13.5. The second-order valence-corrected chi connectivity index (χ2v) is 8.17. The smallest absolute Gasteiger partial charge is 0.261 e. The van der Waals surface area contributed by atoms with E-state index < -0.39 is 0 Å². The molecule has 0 atom stereocenters. The van der Waals surface area contributed by atoms with Crippen molar-refractivity contribution in [1.29, 1.82) is 0 Å². The summed E-state index contributed by atoms with van der Waals surface area (Å²) < 4.78 is 15.8. The number of carbonyl (C=O) groups excluding carboxylic acids is 1. The van der Waals surface area contributed by atoms with Crippen LogP contribution in [0.2, 0.25) is 0 Å². The molecule has 0 unspecified atom stereocenters. The summed E-state index contributed by atoms with van der Waals surface area (Å²) in [6.45, 7) is 0.762. The molecule has 1 aromatic heterocycles. The molecule has 8 heteroatoms. The number of halogens is 2. The summed E-state index contributed by atoms with van der Waals surface area (Å²) >= 11 is 4.91. The van der Waals surface area contributed by atoms with E-state index in [1.165, 1.54) is 17.0 Å². The molecule has 0 bridgehead atoms. The molecule has 1 heterocycles. The average molecular weight is 464 g/mol. The molecule has 0 aliphatic rings. The van der Waals surface area contributed by atoms with Crippen LogP contribution in [0.3, 0.4) is 0 Å². The predicted molar refractivity (Wildman–Crippen MR) is 114 cm³/mol. The Morgan fingerprint density at radius 3 is 2.89 bits per heavy atom. The molecule has 5 nitrogen and oxygen atoms in total. The normalized spacial score (nSPS) is 10.9. The Kier molecular flexibility index (Phi) is 7.22. The van der Waals surface area contributed by atoms with Crippen LogP contribution >= 0.6 is 27.7 Å². The van der Waals surface area contributed by atoms with Crippen molar-refractivity contribution in [2.24, 2.45) is 0 Å². The molecule has 2 aromatic carbocycles. The third-order valence-corrected chi connectivity index (χ3v) is 5.65. The van der Waals surface area contributed by atoms with Crippen molar-refractivity contribution in [3.05, 3.63) is 75.0 Å². The van der Waals surface area contributed by atoms with Crippen LogP contribution in [0.4, 0.5) is 4.39 Å². The second-order valence-electron chi connectivity index (χ2n) is 6.15. The summed E-state index contributed by atoms with van der Waals surface area (Å²) in [5.41, 5.74) is 1.12. The van der Waals surface area contributed by atoms with Gasteiger partial charge in [0.1, 0.15) is 5.82 Å². The van der Waals surface area contributed by atoms with E-state index in [2.05, 4.69) is 26.2 Å². The number of fused-ring (bicyclic) bond motifs is 1. The van der Waals surface area contributed by atoms with E-state index in [-0.39, 0.29) is 30.2 Å². The maximum absolute atomic E-state index is 13.5. The number of hydrogen-bond donors (Lipinski definition) is 1. The van der Waals surface area contributed by atoms with E-state index in [0.717, 1.165) is 4.47 Å². The fourth-order valence-corrected chi connectivity index (χ4v) is 3.87. The first-order valence-electron chi connectivity index (χ1n) is 8.77. The maximum Gasteiger partial charge on any atom is 0.261 e. The van der Waals surface area contributed by atoms with Gasteiger partial charge in [-0.1, -0.05) is 34.1 Å². The van der Waals surface area contributed by atoms with E-state index in [0.29, 0.717) is 34.5 Å². The molecule has 0 spiro atoms. The fraction of sp³-hybridized carbons (Fsp3) is 0.250. The zero-order valence-electron chi connectivity index (χ0n) is 15.0. The van der Waals surface area contributed by atoms with Gasteiger partial charge < -0.3 is 5.32 Å². The Hall–Kier alpha value is -2.19. The lowest BCUT2D eigenvalue weighted by atomic mass is 10.2. The molecule has 146 valence electrons. The van der Waals surface area contributed by atoms with Gasteiger partial charge in [0.05, 0.1) is 17.2 Å². The molecule has 3 rings (SSSR count). The van der Waals surface area contributed by atoms with Crippen LogP contribution in [-0.4, -0.2) is 27.8 Å². The lowest BCUT2D eigenvalue weighted by Crippen LogP contribution is -2.29. The number of carbonyl (C=O) groups is 1.